The second-order valence-electron chi connectivity index (χ2n) is 15.9. The largest absolute Gasteiger partial charge is 0.456 e. The van der Waals surface area contributed by atoms with E-state index in [-0.39, 0.29) is 0 Å². The van der Waals surface area contributed by atoms with E-state index in [0.717, 1.165) is 39.0 Å². The van der Waals surface area contributed by atoms with Gasteiger partial charge in [0.15, 0.2) is 0 Å². The molecule has 0 aliphatic heterocycles. The van der Waals surface area contributed by atoms with Gasteiger partial charge in [-0.1, -0.05) is 170 Å². The molecule has 274 valence electrons. The second kappa shape index (κ2) is 12.2. The zero-order valence-electron chi connectivity index (χ0n) is 32.1. The fraction of sp³-hybridized carbons (Fsp3) is 0.0175. The van der Waals surface area contributed by atoms with Crippen LogP contribution in [0, 0.1) is 0 Å². The summed E-state index contributed by atoms with van der Waals surface area (Å²) in [6.07, 6.45) is 0. The number of hydrogen-bond donors (Lipinski definition) is 0. The fourth-order valence-electron chi connectivity index (χ4n) is 10.7. The van der Waals surface area contributed by atoms with Crippen LogP contribution in [0.2, 0.25) is 0 Å². The van der Waals surface area contributed by atoms with Crippen LogP contribution in [0.15, 0.2) is 217 Å². The number of para-hydroxylation sites is 1. The first-order valence-corrected chi connectivity index (χ1v) is 20.4. The molecule has 0 amide bonds. The van der Waals surface area contributed by atoms with Gasteiger partial charge >= 0.3 is 0 Å². The smallest absolute Gasteiger partial charge is 0.135 e. The molecular formula is C57H35NO. The van der Waals surface area contributed by atoms with Gasteiger partial charge < -0.3 is 9.32 Å². The van der Waals surface area contributed by atoms with Gasteiger partial charge in [0.25, 0.3) is 0 Å². The molecule has 2 nitrogen and oxygen atoms in total. The molecule has 2 aliphatic rings. The molecular weight excluding hydrogens is 715 g/mol. The molecule has 1 atom stereocenters. The third-order valence-electron chi connectivity index (χ3n) is 13.0. The van der Waals surface area contributed by atoms with E-state index in [4.69, 9.17) is 4.42 Å². The summed E-state index contributed by atoms with van der Waals surface area (Å²) < 4.78 is 6.36. The highest BCUT2D eigenvalue weighted by molar-refractivity contribution is 6.11. The first-order chi connectivity index (χ1) is 29.3. The van der Waals surface area contributed by atoms with E-state index in [1.54, 1.807) is 0 Å². The van der Waals surface area contributed by atoms with Crippen molar-refractivity contribution >= 4 is 60.5 Å². The van der Waals surface area contributed by atoms with Crippen molar-refractivity contribution < 1.29 is 4.42 Å². The van der Waals surface area contributed by atoms with Crippen molar-refractivity contribution in [1.29, 1.82) is 0 Å². The van der Waals surface area contributed by atoms with Crippen molar-refractivity contribution in [1.82, 2.24) is 0 Å². The topological polar surface area (TPSA) is 16.4 Å². The third kappa shape index (κ3) is 4.40. The van der Waals surface area contributed by atoms with Crippen LogP contribution < -0.4 is 4.90 Å². The molecule has 11 aromatic rings. The minimum absolute atomic E-state index is 0.604. The number of furan rings is 1. The Morgan fingerprint density at radius 1 is 0.356 bits per heavy atom. The van der Waals surface area contributed by atoms with Gasteiger partial charge in [-0.3, -0.25) is 0 Å². The Balaban J connectivity index is 1.17. The summed E-state index contributed by atoms with van der Waals surface area (Å²) in [7, 11) is 0. The first kappa shape index (κ1) is 32.4. The van der Waals surface area contributed by atoms with E-state index in [2.05, 4.69) is 211 Å². The lowest BCUT2D eigenvalue weighted by Crippen LogP contribution is -2.32. The highest BCUT2D eigenvalue weighted by Crippen LogP contribution is 2.64. The number of fused-ring (bicyclic) bond motifs is 13. The van der Waals surface area contributed by atoms with Crippen molar-refractivity contribution in [3.05, 3.63) is 235 Å². The summed E-state index contributed by atoms with van der Waals surface area (Å²) in [4.78, 5) is 2.46. The van der Waals surface area contributed by atoms with Gasteiger partial charge in [-0.2, -0.15) is 0 Å². The minimum atomic E-state index is -0.604. The van der Waals surface area contributed by atoms with Crippen LogP contribution in [0.25, 0.3) is 76.9 Å². The molecule has 2 aliphatic carbocycles. The molecule has 0 N–H and O–H groups in total. The molecule has 1 aromatic heterocycles. The van der Waals surface area contributed by atoms with Crippen LogP contribution in [-0.2, 0) is 5.41 Å². The molecule has 0 radical (unpaired) electrons. The van der Waals surface area contributed by atoms with Gasteiger partial charge in [0.2, 0.25) is 0 Å². The van der Waals surface area contributed by atoms with Gasteiger partial charge in [0.1, 0.15) is 11.2 Å². The molecule has 59 heavy (non-hydrogen) atoms. The van der Waals surface area contributed by atoms with Gasteiger partial charge in [-0.05, 0) is 114 Å². The summed E-state index contributed by atoms with van der Waals surface area (Å²) in [5.74, 6) is 0. The van der Waals surface area contributed by atoms with Crippen molar-refractivity contribution in [3.63, 3.8) is 0 Å². The van der Waals surface area contributed by atoms with E-state index in [9.17, 15) is 0 Å². The average Bonchev–Trinajstić information content (AvgIpc) is 3.82. The van der Waals surface area contributed by atoms with Crippen molar-refractivity contribution in [3.8, 4) is 33.4 Å². The Bertz CT molecular complexity index is 3520. The van der Waals surface area contributed by atoms with E-state index in [0.29, 0.717) is 0 Å². The maximum atomic E-state index is 6.36. The lowest BCUT2D eigenvalue weighted by Gasteiger charge is -2.41. The standard InChI is InChI=1S/C57H35NO/c1-2-14-37(15-3-1)42-31-28-38-18-12-23-47-44-21-7-10-25-50(44)57(56(42)55(38)47)49-24-9-6-20-43(49)45-32-29-40(35-51(45)57)58(52-26-13-17-36-16-4-5-19-41(36)52)39-30-33-54-48(34-39)46-22-8-11-27-53(46)59-54/h1-35H. The summed E-state index contributed by atoms with van der Waals surface area (Å²) in [6, 6.07) is 78.4. The lowest BCUT2D eigenvalue weighted by atomic mass is 9.60. The zero-order valence-corrected chi connectivity index (χ0v) is 32.1. The quantitative estimate of drug-likeness (QED) is 0.178. The molecule has 0 fully saturated rings. The van der Waals surface area contributed by atoms with E-state index in [1.165, 1.54) is 77.2 Å². The van der Waals surface area contributed by atoms with Gasteiger partial charge in [-0.15, -0.1) is 0 Å². The molecule has 10 aromatic carbocycles. The predicted octanol–water partition coefficient (Wildman–Crippen LogP) is 15.4. The number of rotatable bonds is 4. The number of hydrogen-bond acceptors (Lipinski definition) is 2. The maximum Gasteiger partial charge on any atom is 0.135 e. The Hall–Kier alpha value is -7.68. The average molecular weight is 750 g/mol. The van der Waals surface area contributed by atoms with Gasteiger partial charge in [-0.25, -0.2) is 0 Å². The summed E-state index contributed by atoms with van der Waals surface area (Å²) in [6.45, 7) is 0. The van der Waals surface area contributed by atoms with Crippen molar-refractivity contribution in [2.24, 2.45) is 0 Å². The zero-order chi connectivity index (χ0) is 38.7. The van der Waals surface area contributed by atoms with Crippen LogP contribution in [0.4, 0.5) is 17.1 Å². The van der Waals surface area contributed by atoms with Crippen LogP contribution in [0.1, 0.15) is 22.3 Å². The maximum absolute atomic E-state index is 6.36. The SMILES string of the molecule is c1ccc(-c2ccc3cccc4c3c2C2(c3ccccc3-c3ccc(N(c5ccc6oc7ccccc7c6c5)c5cccc6ccccc56)cc32)c2ccccc2-4)cc1. The highest BCUT2D eigenvalue weighted by Gasteiger charge is 2.51. The van der Waals surface area contributed by atoms with Crippen molar-refractivity contribution in [2.75, 3.05) is 4.90 Å². The fourth-order valence-corrected chi connectivity index (χ4v) is 10.7. The van der Waals surface area contributed by atoms with Crippen molar-refractivity contribution in [2.45, 2.75) is 5.41 Å². The molecule has 2 heteroatoms. The second-order valence-corrected chi connectivity index (χ2v) is 15.9. The summed E-state index contributed by atoms with van der Waals surface area (Å²) in [5.41, 5.74) is 17.4. The van der Waals surface area contributed by atoms with Gasteiger partial charge in [0, 0.05) is 27.5 Å². The molecule has 1 spiro atoms. The predicted molar refractivity (Wildman–Crippen MR) is 245 cm³/mol. The number of nitrogens with zero attached hydrogens (tertiary/aromatic N) is 1. The summed E-state index contributed by atoms with van der Waals surface area (Å²) >= 11 is 0. The van der Waals surface area contributed by atoms with Crippen LogP contribution >= 0.6 is 0 Å². The lowest BCUT2D eigenvalue weighted by molar-refractivity contribution is 0.669. The Morgan fingerprint density at radius 3 is 1.81 bits per heavy atom. The van der Waals surface area contributed by atoms with E-state index < -0.39 is 5.41 Å². The van der Waals surface area contributed by atoms with E-state index >= 15 is 0 Å². The summed E-state index contributed by atoms with van der Waals surface area (Å²) in [5, 5.41) is 7.19. The first-order valence-electron chi connectivity index (χ1n) is 20.4. The highest BCUT2D eigenvalue weighted by atomic mass is 16.3. The molecule has 0 saturated carbocycles. The molecule has 1 unspecified atom stereocenters. The van der Waals surface area contributed by atoms with E-state index in [1.807, 2.05) is 6.07 Å². The van der Waals surface area contributed by atoms with Crippen LogP contribution in [-0.4, -0.2) is 0 Å². The molecule has 13 rings (SSSR count). The molecule has 1 heterocycles. The van der Waals surface area contributed by atoms with Gasteiger partial charge in [0.05, 0.1) is 11.1 Å². The normalized spacial score (nSPS) is 14.8. The monoisotopic (exact) mass is 749 g/mol. The Morgan fingerprint density at radius 2 is 0.949 bits per heavy atom. The minimum Gasteiger partial charge on any atom is -0.456 e. The molecule has 0 saturated heterocycles. The van der Waals surface area contributed by atoms with Crippen LogP contribution in [0.3, 0.4) is 0 Å². The van der Waals surface area contributed by atoms with Crippen LogP contribution in [0.5, 0.6) is 0 Å². The number of benzene rings is 10. The Labute approximate surface area is 341 Å². The number of anilines is 3. The third-order valence-corrected chi connectivity index (χ3v) is 13.0. The Kier molecular flexibility index (Phi) is 6.68. The molecule has 0 bridgehead atoms.